The molecule has 1 aliphatic rings. The molecule has 0 saturated carbocycles. The molecule has 0 N–H and O–H groups in total. The zero-order chi connectivity index (χ0) is 25.1. The number of nitro benzene ring substituents is 1. The van der Waals surface area contributed by atoms with Crippen LogP contribution in [0.1, 0.15) is 47.7 Å². The number of hydrogen-bond acceptors (Lipinski definition) is 6. The number of carbonyl (C=O) groups is 3. The summed E-state index contributed by atoms with van der Waals surface area (Å²) in [7, 11) is 0. The van der Waals surface area contributed by atoms with Crippen molar-refractivity contribution < 1.29 is 19.3 Å². The van der Waals surface area contributed by atoms with Gasteiger partial charge >= 0.3 is 0 Å². The number of benzene rings is 2. The molecule has 9 nitrogen and oxygen atoms in total. The van der Waals surface area contributed by atoms with Crippen molar-refractivity contribution in [2.75, 3.05) is 4.90 Å². The van der Waals surface area contributed by atoms with Crippen molar-refractivity contribution >= 4 is 29.1 Å². The standard InChI is InChI=1S/C26H24N4O5/c1-17(2)19-8-10-21(11-9-19)29-24(31)14-23(26(29)33)28(16-18-5-4-12-27-15-18)25(32)20-6-3-7-22(13-20)30(34)35/h3-13,15,17,23H,14,16H2,1-2H3. The Hall–Kier alpha value is -4.40. The lowest BCUT2D eigenvalue weighted by Gasteiger charge is -2.28. The lowest BCUT2D eigenvalue weighted by molar-refractivity contribution is -0.384. The summed E-state index contributed by atoms with van der Waals surface area (Å²) in [5.74, 6) is -1.22. The highest BCUT2D eigenvalue weighted by atomic mass is 16.6. The molecule has 35 heavy (non-hydrogen) atoms. The van der Waals surface area contributed by atoms with Gasteiger partial charge in [0, 0.05) is 36.6 Å². The first-order valence-electron chi connectivity index (χ1n) is 11.2. The highest BCUT2D eigenvalue weighted by molar-refractivity contribution is 6.23. The normalized spacial score (nSPS) is 15.5. The highest BCUT2D eigenvalue weighted by Gasteiger charge is 2.44. The predicted molar refractivity (Wildman–Crippen MR) is 129 cm³/mol. The molecule has 0 spiro atoms. The molecular formula is C26H24N4O5. The van der Waals surface area contributed by atoms with Crippen LogP contribution in [-0.2, 0) is 16.1 Å². The minimum absolute atomic E-state index is 0.0131. The number of nitro groups is 1. The molecule has 178 valence electrons. The molecule has 1 atom stereocenters. The first-order chi connectivity index (χ1) is 16.8. The van der Waals surface area contributed by atoms with Gasteiger partial charge in [0.1, 0.15) is 6.04 Å². The summed E-state index contributed by atoms with van der Waals surface area (Å²) in [6.45, 7) is 4.11. The van der Waals surface area contributed by atoms with Crippen LogP contribution in [0, 0.1) is 10.1 Å². The van der Waals surface area contributed by atoms with Gasteiger partial charge in [0.2, 0.25) is 5.91 Å². The quantitative estimate of drug-likeness (QED) is 0.291. The van der Waals surface area contributed by atoms with Crippen LogP contribution >= 0.6 is 0 Å². The number of non-ortho nitro benzene ring substituents is 1. The fourth-order valence-corrected chi connectivity index (χ4v) is 4.07. The van der Waals surface area contributed by atoms with E-state index in [4.69, 9.17) is 0 Å². The zero-order valence-corrected chi connectivity index (χ0v) is 19.3. The van der Waals surface area contributed by atoms with Crippen LogP contribution < -0.4 is 4.90 Å². The van der Waals surface area contributed by atoms with E-state index >= 15 is 0 Å². The van der Waals surface area contributed by atoms with Crippen LogP contribution in [-0.4, -0.2) is 38.6 Å². The predicted octanol–water partition coefficient (Wildman–Crippen LogP) is 4.09. The van der Waals surface area contributed by atoms with E-state index in [2.05, 4.69) is 4.98 Å². The molecule has 1 aliphatic heterocycles. The number of rotatable bonds is 7. The van der Waals surface area contributed by atoms with Gasteiger partial charge in [0.05, 0.1) is 17.0 Å². The van der Waals surface area contributed by atoms with E-state index in [1.165, 1.54) is 29.2 Å². The molecule has 1 unspecified atom stereocenters. The minimum Gasteiger partial charge on any atom is -0.322 e. The summed E-state index contributed by atoms with van der Waals surface area (Å²) in [6, 6.07) is 14.9. The van der Waals surface area contributed by atoms with Crippen LogP contribution in [0.4, 0.5) is 11.4 Å². The van der Waals surface area contributed by atoms with E-state index in [0.29, 0.717) is 17.2 Å². The molecule has 9 heteroatoms. The fourth-order valence-electron chi connectivity index (χ4n) is 4.07. The number of carbonyl (C=O) groups excluding carboxylic acids is 3. The average molecular weight is 473 g/mol. The molecule has 0 aliphatic carbocycles. The van der Waals surface area contributed by atoms with E-state index in [-0.39, 0.29) is 24.2 Å². The maximum absolute atomic E-state index is 13.5. The molecule has 0 bridgehead atoms. The minimum atomic E-state index is -1.06. The molecule has 4 rings (SSSR count). The van der Waals surface area contributed by atoms with Crippen LogP contribution in [0.15, 0.2) is 73.1 Å². The van der Waals surface area contributed by atoms with Crippen molar-refractivity contribution in [3.05, 3.63) is 99.9 Å². The smallest absolute Gasteiger partial charge is 0.270 e. The summed E-state index contributed by atoms with van der Waals surface area (Å²) in [4.78, 5) is 57.0. The average Bonchev–Trinajstić information content (AvgIpc) is 3.16. The number of hydrogen-bond donors (Lipinski definition) is 0. The van der Waals surface area contributed by atoms with Crippen molar-refractivity contribution in [3.63, 3.8) is 0 Å². The summed E-state index contributed by atoms with van der Waals surface area (Å²) in [6.07, 6.45) is 2.96. The summed E-state index contributed by atoms with van der Waals surface area (Å²) in [5, 5.41) is 11.2. The van der Waals surface area contributed by atoms with Gasteiger partial charge in [-0.1, -0.05) is 38.1 Å². The third kappa shape index (κ3) is 4.93. The van der Waals surface area contributed by atoms with Gasteiger partial charge < -0.3 is 4.90 Å². The fraction of sp³-hybridized carbons (Fsp3) is 0.231. The van der Waals surface area contributed by atoms with Crippen LogP contribution in [0.3, 0.4) is 0 Å². The number of anilines is 1. The van der Waals surface area contributed by atoms with Crippen molar-refractivity contribution in [3.8, 4) is 0 Å². The second kappa shape index (κ2) is 9.84. The zero-order valence-electron chi connectivity index (χ0n) is 19.3. The molecule has 1 fully saturated rings. The lowest BCUT2D eigenvalue weighted by atomic mass is 10.0. The van der Waals surface area contributed by atoms with E-state index in [9.17, 15) is 24.5 Å². The van der Waals surface area contributed by atoms with Gasteiger partial charge in [-0.25, -0.2) is 4.90 Å². The molecule has 1 aromatic heterocycles. The number of aromatic nitrogens is 1. The SMILES string of the molecule is CC(C)c1ccc(N2C(=O)CC(N(Cc3cccnc3)C(=O)c3cccc([N+](=O)[O-])c3)C2=O)cc1. The third-order valence-electron chi connectivity index (χ3n) is 5.96. The topological polar surface area (TPSA) is 114 Å². The Kier molecular flexibility index (Phi) is 6.68. The Morgan fingerprint density at radius 1 is 1.14 bits per heavy atom. The summed E-state index contributed by atoms with van der Waals surface area (Å²) < 4.78 is 0. The molecule has 2 heterocycles. The van der Waals surface area contributed by atoms with Crippen LogP contribution in [0.25, 0.3) is 0 Å². The van der Waals surface area contributed by atoms with Gasteiger partial charge in [-0.3, -0.25) is 29.5 Å². The molecule has 2 aromatic carbocycles. The van der Waals surface area contributed by atoms with Crippen LogP contribution in [0.2, 0.25) is 0 Å². The summed E-state index contributed by atoms with van der Waals surface area (Å²) >= 11 is 0. The molecule has 1 saturated heterocycles. The third-order valence-corrected chi connectivity index (χ3v) is 5.96. The number of imide groups is 1. The number of nitrogens with zero attached hydrogens (tertiary/aromatic N) is 4. The molecular weight excluding hydrogens is 448 g/mol. The van der Waals surface area contributed by atoms with Gasteiger partial charge in [-0.2, -0.15) is 0 Å². The maximum atomic E-state index is 13.5. The van der Waals surface area contributed by atoms with Crippen molar-refractivity contribution in [2.45, 2.75) is 38.8 Å². The first-order valence-corrected chi connectivity index (χ1v) is 11.2. The van der Waals surface area contributed by atoms with Gasteiger partial charge in [0.15, 0.2) is 0 Å². The Bertz CT molecular complexity index is 1270. The Morgan fingerprint density at radius 3 is 2.51 bits per heavy atom. The Balaban J connectivity index is 1.68. The maximum Gasteiger partial charge on any atom is 0.270 e. The largest absolute Gasteiger partial charge is 0.322 e. The molecule has 3 aromatic rings. The molecule has 0 radical (unpaired) electrons. The van der Waals surface area contributed by atoms with Gasteiger partial charge in [-0.05, 0) is 41.3 Å². The Labute approximate surface area is 202 Å². The monoisotopic (exact) mass is 472 g/mol. The van der Waals surface area contributed by atoms with Gasteiger partial charge in [0.25, 0.3) is 17.5 Å². The Morgan fingerprint density at radius 2 is 1.89 bits per heavy atom. The summed E-state index contributed by atoms with van der Waals surface area (Å²) in [5.41, 5.74) is 1.99. The van der Waals surface area contributed by atoms with E-state index in [1.54, 1.807) is 36.7 Å². The van der Waals surface area contributed by atoms with Crippen molar-refractivity contribution in [1.82, 2.24) is 9.88 Å². The number of pyridine rings is 1. The second-order valence-electron chi connectivity index (χ2n) is 8.64. The van der Waals surface area contributed by atoms with E-state index in [1.807, 2.05) is 26.0 Å². The molecule has 3 amide bonds. The first kappa shape index (κ1) is 23.7. The van der Waals surface area contributed by atoms with E-state index in [0.717, 1.165) is 10.5 Å². The van der Waals surface area contributed by atoms with Crippen molar-refractivity contribution in [2.24, 2.45) is 0 Å². The van der Waals surface area contributed by atoms with E-state index < -0.39 is 28.7 Å². The lowest BCUT2D eigenvalue weighted by Crippen LogP contribution is -2.45. The van der Waals surface area contributed by atoms with Crippen LogP contribution in [0.5, 0.6) is 0 Å². The number of amides is 3. The second-order valence-corrected chi connectivity index (χ2v) is 8.64. The van der Waals surface area contributed by atoms with Crippen molar-refractivity contribution in [1.29, 1.82) is 0 Å². The van der Waals surface area contributed by atoms with Gasteiger partial charge in [-0.15, -0.1) is 0 Å². The highest BCUT2D eigenvalue weighted by Crippen LogP contribution is 2.29.